The van der Waals surface area contributed by atoms with Crippen LogP contribution in [0.15, 0.2) is 29.0 Å². The fraction of sp³-hybridized carbons (Fsp3) is 0.412. The zero-order chi connectivity index (χ0) is 17.4. The normalized spacial score (nSPS) is 21.1. The van der Waals surface area contributed by atoms with E-state index in [0.717, 1.165) is 41.3 Å². The van der Waals surface area contributed by atoms with Gasteiger partial charge in [0, 0.05) is 24.2 Å². The molecule has 3 N–H and O–H groups in total. The number of rotatable bonds is 3. The van der Waals surface area contributed by atoms with E-state index in [4.69, 9.17) is 16.3 Å². The van der Waals surface area contributed by atoms with E-state index in [1.807, 2.05) is 19.1 Å². The molecule has 8 heteroatoms. The zero-order valence-electron chi connectivity index (χ0n) is 13.9. The van der Waals surface area contributed by atoms with Gasteiger partial charge in [-0.3, -0.25) is 0 Å². The minimum Gasteiger partial charge on any atom is -0.378 e. The van der Waals surface area contributed by atoms with Gasteiger partial charge >= 0.3 is 0 Å². The largest absolute Gasteiger partial charge is 0.378 e. The highest BCUT2D eigenvalue weighted by molar-refractivity contribution is 6.32. The van der Waals surface area contributed by atoms with Crippen molar-refractivity contribution in [3.8, 4) is 0 Å². The minimum atomic E-state index is -0.852. The van der Waals surface area contributed by atoms with Crippen LogP contribution in [0.3, 0.4) is 0 Å². The molecule has 0 bridgehead atoms. The van der Waals surface area contributed by atoms with Gasteiger partial charge in [0.05, 0.1) is 30.7 Å². The smallest absolute Gasteiger partial charge is 0.170 e. The van der Waals surface area contributed by atoms with Gasteiger partial charge in [-0.25, -0.2) is 9.98 Å². The van der Waals surface area contributed by atoms with E-state index < -0.39 is 6.23 Å². The van der Waals surface area contributed by atoms with Crippen LogP contribution in [0.25, 0.3) is 11.0 Å². The summed E-state index contributed by atoms with van der Waals surface area (Å²) in [4.78, 5) is 14.3. The van der Waals surface area contributed by atoms with Gasteiger partial charge in [0.2, 0.25) is 0 Å². The number of aryl methyl sites for hydroxylation is 1. The Balaban J connectivity index is 1.52. The van der Waals surface area contributed by atoms with Gasteiger partial charge in [0.1, 0.15) is 17.5 Å². The summed E-state index contributed by atoms with van der Waals surface area (Å²) in [6, 6.07) is 3.84. The van der Waals surface area contributed by atoms with Gasteiger partial charge in [0.15, 0.2) is 6.23 Å². The molecule has 2 aliphatic rings. The first kappa shape index (κ1) is 16.4. The number of morpholine rings is 1. The summed E-state index contributed by atoms with van der Waals surface area (Å²) >= 11 is 6.17. The number of imidazole rings is 1. The number of aromatic nitrogens is 2. The van der Waals surface area contributed by atoms with E-state index >= 15 is 0 Å². The summed E-state index contributed by atoms with van der Waals surface area (Å²) in [5, 5.41) is 14.1. The lowest BCUT2D eigenvalue weighted by molar-refractivity contribution is 0.0502. The summed E-state index contributed by atoms with van der Waals surface area (Å²) in [5.41, 5.74) is 2.77. The number of hydrogen-bond donors (Lipinski definition) is 3. The SMILES string of the molecule is Cc1cc2[nH]c(CC3=NC(O)C=C(N4CCOCC4)N3)nc2cc1Cl. The maximum atomic E-state index is 10.1. The molecule has 25 heavy (non-hydrogen) atoms. The first-order valence-electron chi connectivity index (χ1n) is 8.29. The number of benzene rings is 1. The summed E-state index contributed by atoms with van der Waals surface area (Å²) in [6.07, 6.45) is 1.34. The van der Waals surface area contributed by atoms with E-state index in [0.29, 0.717) is 30.5 Å². The molecule has 0 saturated carbocycles. The Bertz CT molecular complexity index is 815. The average molecular weight is 362 g/mol. The monoisotopic (exact) mass is 361 g/mol. The number of aliphatic hydroxyl groups is 1. The van der Waals surface area contributed by atoms with E-state index in [-0.39, 0.29) is 0 Å². The topological polar surface area (TPSA) is 85.8 Å². The number of H-pyrrole nitrogens is 1. The number of ether oxygens (including phenoxy) is 1. The van der Waals surface area contributed by atoms with Gasteiger partial charge in [0.25, 0.3) is 0 Å². The van der Waals surface area contributed by atoms with E-state index in [1.54, 1.807) is 6.08 Å². The van der Waals surface area contributed by atoms with Gasteiger partial charge in [-0.05, 0) is 24.6 Å². The summed E-state index contributed by atoms with van der Waals surface area (Å²) in [5.74, 6) is 2.33. The molecule has 3 heterocycles. The van der Waals surface area contributed by atoms with Crippen LogP contribution in [-0.4, -0.2) is 58.3 Å². The number of aromatic amines is 1. The third-order valence-corrected chi connectivity index (χ3v) is 4.77. The molecular weight excluding hydrogens is 342 g/mol. The Labute approximate surface area is 150 Å². The molecule has 0 radical (unpaired) electrons. The van der Waals surface area contributed by atoms with Crippen LogP contribution in [0.4, 0.5) is 0 Å². The van der Waals surface area contributed by atoms with E-state index in [1.165, 1.54) is 0 Å². The van der Waals surface area contributed by atoms with Crippen molar-refractivity contribution in [3.63, 3.8) is 0 Å². The van der Waals surface area contributed by atoms with Crippen LogP contribution in [0.2, 0.25) is 5.02 Å². The molecule has 1 aromatic heterocycles. The second-order valence-corrected chi connectivity index (χ2v) is 6.65. The summed E-state index contributed by atoms with van der Waals surface area (Å²) in [6.45, 7) is 4.92. The van der Waals surface area contributed by atoms with E-state index in [9.17, 15) is 5.11 Å². The second kappa shape index (κ2) is 6.67. The standard InChI is InChI=1S/C17H20ClN5O2/c1-10-6-12-13(7-11(10)18)20-14(19-12)8-15-21-16(9-17(24)22-15)23-2-4-25-5-3-23/h6-7,9,17,24H,2-5,8H2,1H3,(H,19,20)(H,21,22). The molecular formula is C17H20ClN5O2. The summed E-state index contributed by atoms with van der Waals surface area (Å²) < 4.78 is 5.38. The number of aliphatic imine (C=N–C) groups is 1. The molecule has 0 amide bonds. The predicted molar refractivity (Wildman–Crippen MR) is 96.6 cm³/mol. The van der Waals surface area contributed by atoms with Crippen LogP contribution >= 0.6 is 11.6 Å². The number of amidine groups is 1. The van der Waals surface area contributed by atoms with E-state index in [2.05, 4.69) is 25.2 Å². The molecule has 0 spiro atoms. The van der Waals surface area contributed by atoms with Crippen LogP contribution < -0.4 is 5.32 Å². The van der Waals surface area contributed by atoms with Crippen molar-refractivity contribution in [2.24, 2.45) is 4.99 Å². The lowest BCUT2D eigenvalue weighted by Crippen LogP contribution is -2.44. The second-order valence-electron chi connectivity index (χ2n) is 6.24. The minimum absolute atomic E-state index is 0.476. The Hall–Kier alpha value is -2.09. The molecule has 0 aliphatic carbocycles. The van der Waals surface area contributed by atoms with Crippen molar-refractivity contribution >= 4 is 28.5 Å². The Kier molecular flexibility index (Phi) is 4.37. The van der Waals surface area contributed by atoms with Gasteiger partial charge in [-0.1, -0.05) is 11.6 Å². The maximum Gasteiger partial charge on any atom is 0.170 e. The molecule has 2 aliphatic heterocycles. The van der Waals surface area contributed by atoms with Crippen molar-refractivity contribution in [1.29, 1.82) is 0 Å². The van der Waals surface area contributed by atoms with Gasteiger partial charge in [-0.2, -0.15) is 0 Å². The number of nitrogens with one attached hydrogen (secondary N) is 2. The number of nitrogens with zero attached hydrogens (tertiary/aromatic N) is 3. The maximum absolute atomic E-state index is 10.1. The number of aliphatic hydroxyl groups excluding tert-OH is 1. The van der Waals surface area contributed by atoms with Crippen molar-refractivity contribution in [3.05, 3.63) is 40.4 Å². The Morgan fingerprint density at radius 2 is 2.16 bits per heavy atom. The molecule has 4 rings (SSSR count). The summed E-state index contributed by atoms with van der Waals surface area (Å²) in [7, 11) is 0. The molecule has 1 atom stereocenters. The average Bonchev–Trinajstić information content (AvgIpc) is 2.96. The lowest BCUT2D eigenvalue weighted by Gasteiger charge is -2.33. The Morgan fingerprint density at radius 3 is 2.96 bits per heavy atom. The fourth-order valence-corrected chi connectivity index (χ4v) is 3.23. The van der Waals surface area contributed by atoms with Crippen molar-refractivity contribution < 1.29 is 9.84 Å². The highest BCUT2D eigenvalue weighted by Gasteiger charge is 2.21. The molecule has 1 fully saturated rings. The fourth-order valence-electron chi connectivity index (χ4n) is 3.07. The first-order valence-corrected chi connectivity index (χ1v) is 8.67. The molecule has 132 valence electrons. The molecule has 1 unspecified atom stereocenters. The quantitative estimate of drug-likeness (QED) is 0.772. The van der Waals surface area contributed by atoms with Crippen molar-refractivity contribution in [2.45, 2.75) is 19.6 Å². The zero-order valence-corrected chi connectivity index (χ0v) is 14.7. The van der Waals surface area contributed by atoms with Crippen molar-refractivity contribution in [2.75, 3.05) is 26.3 Å². The van der Waals surface area contributed by atoms with Gasteiger partial charge in [-0.15, -0.1) is 0 Å². The Morgan fingerprint density at radius 1 is 1.36 bits per heavy atom. The molecule has 2 aromatic rings. The van der Waals surface area contributed by atoms with Crippen molar-refractivity contribution in [1.82, 2.24) is 20.2 Å². The lowest BCUT2D eigenvalue weighted by atomic mass is 10.2. The highest BCUT2D eigenvalue weighted by Crippen LogP contribution is 2.22. The number of fused-ring (bicyclic) bond motifs is 1. The molecule has 1 aromatic carbocycles. The van der Waals surface area contributed by atoms with Crippen LogP contribution in [-0.2, 0) is 11.2 Å². The predicted octanol–water partition coefficient (Wildman–Crippen LogP) is 1.56. The highest BCUT2D eigenvalue weighted by atomic mass is 35.5. The molecule has 1 saturated heterocycles. The van der Waals surface area contributed by atoms with Crippen LogP contribution in [0, 0.1) is 6.92 Å². The third-order valence-electron chi connectivity index (χ3n) is 4.37. The number of hydrogen-bond acceptors (Lipinski definition) is 6. The third kappa shape index (κ3) is 3.49. The molecule has 7 nitrogen and oxygen atoms in total. The first-order chi connectivity index (χ1) is 12.1. The number of halogens is 1. The van der Waals surface area contributed by atoms with Gasteiger partial charge < -0.3 is 25.0 Å². The van der Waals surface area contributed by atoms with Crippen LogP contribution in [0.1, 0.15) is 11.4 Å². The van der Waals surface area contributed by atoms with Crippen LogP contribution in [0.5, 0.6) is 0 Å².